The number of hydrogen-bond acceptors (Lipinski definition) is 0. The quantitative estimate of drug-likeness (QED) is 0.306. The van der Waals surface area contributed by atoms with Crippen LogP contribution in [0.4, 0.5) is 0 Å². The van der Waals surface area contributed by atoms with Crippen LogP contribution in [-0.4, -0.2) is 10.2 Å². The summed E-state index contributed by atoms with van der Waals surface area (Å²) in [5.41, 5.74) is 0. The van der Waals surface area contributed by atoms with Gasteiger partial charge in [0.25, 0.3) is 0 Å². The van der Waals surface area contributed by atoms with Gasteiger partial charge >= 0.3 is 0 Å². The summed E-state index contributed by atoms with van der Waals surface area (Å²) < 4.78 is 0. The fourth-order valence-electron chi connectivity index (χ4n) is 0. The van der Waals surface area contributed by atoms with Gasteiger partial charge in [0.2, 0.25) is 0 Å². The first-order chi connectivity index (χ1) is 2.91. The van der Waals surface area contributed by atoms with Gasteiger partial charge in [0.15, 0.2) is 0 Å². The van der Waals surface area contributed by atoms with E-state index in [4.69, 9.17) is 6.42 Å². The average Bonchev–Trinajstić information content (AvgIpc) is 1.72. The molecule has 36 valence electrons. The minimum atomic E-state index is 0.847. The van der Waals surface area contributed by atoms with Gasteiger partial charge in [0, 0.05) is 6.42 Å². The third kappa shape index (κ3) is 48.3. The molecule has 0 amide bonds. The lowest BCUT2D eigenvalue weighted by Gasteiger charge is -1.52. The predicted molar refractivity (Wildman–Crippen MR) is 34.9 cm³/mol. The number of hydrogen-bond donors (Lipinski definition) is 0. The van der Waals surface area contributed by atoms with Crippen LogP contribution in [0.5, 0.6) is 0 Å². The molecule has 0 radical (unpaired) electrons. The number of rotatable bonds is 0. The third-order valence-corrected chi connectivity index (χ3v) is 0.204. The van der Waals surface area contributed by atoms with Crippen molar-refractivity contribution in [2.45, 2.75) is 19.9 Å². The maximum Gasteiger partial charge on any atom is 0.00576 e. The zero-order chi connectivity index (χ0) is 5.41. The smallest absolute Gasteiger partial charge is 0.00576 e. The topological polar surface area (TPSA) is 0 Å². The van der Waals surface area contributed by atoms with E-state index in [1.165, 1.54) is 10.2 Å². The first-order valence-corrected chi connectivity index (χ1v) is 4.35. The van der Waals surface area contributed by atoms with E-state index in [0.717, 1.165) is 6.42 Å². The molecule has 0 bridgehead atoms. The monoisotopic (exact) mass is 100 g/mol. The zero-order valence-electron chi connectivity index (χ0n) is 4.78. The highest BCUT2D eigenvalue weighted by molar-refractivity contribution is 6.05. The van der Waals surface area contributed by atoms with Crippen LogP contribution in [0.1, 0.15) is 13.3 Å². The SMILES string of the molecule is C#CCC.C[SiH3]. The van der Waals surface area contributed by atoms with Crippen molar-refractivity contribution in [1.29, 1.82) is 0 Å². The Labute approximate surface area is 43.4 Å². The molecule has 0 saturated heterocycles. The van der Waals surface area contributed by atoms with E-state index in [0.29, 0.717) is 0 Å². The van der Waals surface area contributed by atoms with Gasteiger partial charge in [-0.2, -0.15) is 0 Å². The van der Waals surface area contributed by atoms with E-state index in [1.807, 2.05) is 6.92 Å². The molecular formula is C5H12Si. The summed E-state index contributed by atoms with van der Waals surface area (Å²) in [5, 5.41) is 0. The standard InChI is InChI=1S/C4H6.CH6Si/c1-3-4-2;1-2/h1H,4H2,2H3;1-2H3. The van der Waals surface area contributed by atoms with Gasteiger partial charge < -0.3 is 0 Å². The minimum Gasteiger partial charge on any atom is -0.120 e. The van der Waals surface area contributed by atoms with Crippen LogP contribution in [0.25, 0.3) is 0 Å². The molecule has 0 spiro atoms. The van der Waals surface area contributed by atoms with Crippen LogP contribution in [0.3, 0.4) is 0 Å². The maximum atomic E-state index is 4.78. The maximum absolute atomic E-state index is 4.78. The largest absolute Gasteiger partial charge is 0.120 e. The molecule has 0 aliphatic rings. The Morgan fingerprint density at radius 1 is 1.67 bits per heavy atom. The number of terminal acetylenes is 1. The van der Waals surface area contributed by atoms with Crippen molar-refractivity contribution in [2.24, 2.45) is 0 Å². The second-order valence-corrected chi connectivity index (χ2v) is 0.558. The molecular weight excluding hydrogens is 88.1 g/mol. The Morgan fingerprint density at radius 3 is 1.83 bits per heavy atom. The van der Waals surface area contributed by atoms with E-state index in [1.54, 1.807) is 0 Å². The Kier molecular flexibility index (Phi) is 33.2. The van der Waals surface area contributed by atoms with E-state index in [9.17, 15) is 0 Å². The Balaban J connectivity index is 0. The Morgan fingerprint density at radius 2 is 1.83 bits per heavy atom. The molecule has 6 heavy (non-hydrogen) atoms. The van der Waals surface area contributed by atoms with Gasteiger partial charge in [-0.3, -0.25) is 0 Å². The van der Waals surface area contributed by atoms with Crippen LogP contribution < -0.4 is 0 Å². The lowest BCUT2D eigenvalue weighted by atomic mass is 10.5. The van der Waals surface area contributed by atoms with Crippen molar-refractivity contribution < 1.29 is 0 Å². The van der Waals surface area contributed by atoms with E-state index < -0.39 is 0 Å². The van der Waals surface area contributed by atoms with Crippen molar-refractivity contribution in [2.75, 3.05) is 0 Å². The minimum absolute atomic E-state index is 0.847. The second kappa shape index (κ2) is 21.6. The van der Waals surface area contributed by atoms with Crippen LogP contribution >= 0.6 is 0 Å². The van der Waals surface area contributed by atoms with Gasteiger partial charge in [-0.05, 0) is 10.2 Å². The van der Waals surface area contributed by atoms with Gasteiger partial charge in [-0.1, -0.05) is 13.5 Å². The van der Waals surface area contributed by atoms with Crippen molar-refractivity contribution in [3.63, 3.8) is 0 Å². The molecule has 0 nitrogen and oxygen atoms in total. The average molecular weight is 100 g/mol. The summed E-state index contributed by atoms with van der Waals surface area (Å²) in [7, 11) is 1.31. The summed E-state index contributed by atoms with van der Waals surface area (Å²) in [6.07, 6.45) is 5.62. The van der Waals surface area contributed by atoms with Crippen molar-refractivity contribution in [3.8, 4) is 12.3 Å². The molecule has 0 aromatic carbocycles. The van der Waals surface area contributed by atoms with Crippen molar-refractivity contribution >= 4 is 10.2 Å². The van der Waals surface area contributed by atoms with Crippen LogP contribution in [0.2, 0.25) is 6.55 Å². The van der Waals surface area contributed by atoms with E-state index >= 15 is 0 Å². The molecule has 0 heterocycles. The third-order valence-electron chi connectivity index (χ3n) is 0.204. The molecule has 0 aromatic heterocycles. The normalized spacial score (nSPS) is 4.83. The zero-order valence-corrected chi connectivity index (χ0v) is 6.78. The fourth-order valence-corrected chi connectivity index (χ4v) is 0. The molecule has 0 atom stereocenters. The first-order valence-electron chi connectivity index (χ1n) is 2.35. The summed E-state index contributed by atoms with van der Waals surface area (Å²) in [5.74, 6) is 2.43. The van der Waals surface area contributed by atoms with E-state index in [-0.39, 0.29) is 0 Å². The highest BCUT2D eigenvalue weighted by Crippen LogP contribution is 1.58. The Bertz CT molecular complexity index is 33.7. The molecule has 0 saturated carbocycles. The second-order valence-electron chi connectivity index (χ2n) is 0.558. The first kappa shape index (κ1) is 9.24. The van der Waals surface area contributed by atoms with Crippen LogP contribution in [-0.2, 0) is 0 Å². The summed E-state index contributed by atoms with van der Waals surface area (Å²) in [6.45, 7) is 4.08. The van der Waals surface area contributed by atoms with Gasteiger partial charge in [-0.25, -0.2) is 0 Å². The molecule has 1 heteroatoms. The molecule has 0 aliphatic carbocycles. The van der Waals surface area contributed by atoms with E-state index in [2.05, 4.69) is 12.5 Å². The van der Waals surface area contributed by atoms with Gasteiger partial charge in [-0.15, -0.1) is 12.3 Å². The van der Waals surface area contributed by atoms with Gasteiger partial charge in [0.1, 0.15) is 0 Å². The summed E-state index contributed by atoms with van der Waals surface area (Å²) in [4.78, 5) is 0. The lowest BCUT2D eigenvalue weighted by Crippen LogP contribution is -1.38. The molecule has 0 fully saturated rings. The van der Waals surface area contributed by atoms with Crippen LogP contribution in [0, 0.1) is 12.3 Å². The molecule has 0 aromatic rings. The fraction of sp³-hybridized carbons (Fsp3) is 0.600. The van der Waals surface area contributed by atoms with Crippen molar-refractivity contribution in [1.82, 2.24) is 0 Å². The van der Waals surface area contributed by atoms with Crippen LogP contribution in [0.15, 0.2) is 0 Å². The molecule has 0 N–H and O–H groups in total. The highest BCUT2D eigenvalue weighted by atomic mass is 28.1. The predicted octanol–water partition coefficient (Wildman–Crippen LogP) is 0.429. The summed E-state index contributed by atoms with van der Waals surface area (Å²) in [6, 6.07) is 0. The van der Waals surface area contributed by atoms with Gasteiger partial charge in [0.05, 0.1) is 0 Å². The Hall–Kier alpha value is -0.223. The lowest BCUT2D eigenvalue weighted by molar-refractivity contribution is 1.28. The molecule has 0 aliphatic heterocycles. The highest BCUT2D eigenvalue weighted by Gasteiger charge is 1.43. The molecule has 0 unspecified atom stereocenters. The summed E-state index contributed by atoms with van der Waals surface area (Å²) >= 11 is 0. The molecule has 0 rings (SSSR count). The van der Waals surface area contributed by atoms with Crippen molar-refractivity contribution in [3.05, 3.63) is 0 Å².